The van der Waals surface area contributed by atoms with Crippen molar-refractivity contribution < 1.29 is 5.11 Å². The van der Waals surface area contributed by atoms with Gasteiger partial charge in [-0.05, 0) is 56.5 Å². The van der Waals surface area contributed by atoms with Crippen molar-refractivity contribution in [3.63, 3.8) is 0 Å². The second-order valence-electron chi connectivity index (χ2n) is 2.41. The fraction of sp³-hybridized carbons (Fsp3) is 0.125. The lowest BCUT2D eigenvalue weighted by molar-refractivity contribution is 0.467. The molecular weight excluding hydrogens is 288 g/mol. The smallest absolute Gasteiger partial charge is 0.235 e. The molecule has 0 saturated carbocycles. The molecule has 0 atom stereocenters. The molecule has 1 rings (SSSR count). The largest absolute Gasteiger partial charge is 0.503 e. The zero-order valence-electron chi connectivity index (χ0n) is 6.27. The Kier molecular flexibility index (Phi) is 2.90. The van der Waals surface area contributed by atoms with Crippen LogP contribution in [-0.4, -0.2) is 5.11 Å². The maximum atomic E-state index is 11.2. The van der Waals surface area contributed by atoms with Gasteiger partial charge in [0.05, 0.1) is 8.95 Å². The Morgan fingerprint density at radius 3 is 2.33 bits per heavy atom. The van der Waals surface area contributed by atoms with E-state index in [0.717, 1.165) is 5.56 Å². The van der Waals surface area contributed by atoms with Crippen molar-refractivity contribution in [2.45, 2.75) is 6.92 Å². The summed E-state index contributed by atoms with van der Waals surface area (Å²) < 4.78 is 0.777. The van der Waals surface area contributed by atoms with Gasteiger partial charge < -0.3 is 5.11 Å². The second-order valence-corrected chi connectivity index (χ2v) is 4.11. The van der Waals surface area contributed by atoms with Crippen molar-refractivity contribution >= 4 is 31.9 Å². The van der Waals surface area contributed by atoms with Crippen LogP contribution in [0.1, 0.15) is 5.56 Å². The van der Waals surface area contributed by atoms with Crippen molar-refractivity contribution in [3.8, 4) is 5.75 Å². The van der Waals surface area contributed by atoms with Crippen LogP contribution in [0.15, 0.2) is 25.9 Å². The third-order valence-electron chi connectivity index (χ3n) is 1.37. The zero-order chi connectivity index (χ0) is 9.30. The molecule has 0 heterocycles. The van der Waals surface area contributed by atoms with Crippen molar-refractivity contribution in [3.05, 3.63) is 36.9 Å². The third-order valence-corrected chi connectivity index (χ3v) is 2.56. The van der Waals surface area contributed by atoms with E-state index in [1.807, 2.05) is 6.92 Å². The van der Waals surface area contributed by atoms with E-state index in [9.17, 15) is 9.90 Å². The lowest BCUT2D eigenvalue weighted by atomic mass is 10.3. The minimum atomic E-state index is -0.407. The normalized spacial score (nSPS) is 9.92. The van der Waals surface area contributed by atoms with Crippen LogP contribution in [0, 0.1) is 6.92 Å². The van der Waals surface area contributed by atoms with E-state index in [-0.39, 0.29) is 5.75 Å². The Balaban J connectivity index is 3.69. The Morgan fingerprint density at radius 1 is 1.25 bits per heavy atom. The molecule has 0 aromatic heterocycles. The van der Waals surface area contributed by atoms with Gasteiger partial charge in [0, 0.05) is 0 Å². The number of aryl methyl sites for hydroxylation is 1. The lowest BCUT2D eigenvalue weighted by Gasteiger charge is -1.86. The average Bonchev–Trinajstić information content (AvgIpc) is 2.05. The molecule has 1 aromatic carbocycles. The van der Waals surface area contributed by atoms with Crippen molar-refractivity contribution in [2.75, 3.05) is 0 Å². The minimum absolute atomic E-state index is 0.269. The van der Waals surface area contributed by atoms with E-state index in [1.165, 1.54) is 0 Å². The molecule has 0 fully saturated rings. The molecule has 2 nitrogen and oxygen atoms in total. The molecule has 0 saturated heterocycles. The summed E-state index contributed by atoms with van der Waals surface area (Å²) >= 11 is 6.16. The summed E-state index contributed by atoms with van der Waals surface area (Å²) in [7, 11) is 0. The molecule has 4 heteroatoms. The summed E-state index contributed by atoms with van der Waals surface area (Å²) in [6.45, 7) is 1.84. The highest BCUT2D eigenvalue weighted by Gasteiger charge is 2.04. The maximum absolute atomic E-state index is 11.2. The topological polar surface area (TPSA) is 37.3 Å². The Hall–Kier alpha value is -0.350. The lowest BCUT2D eigenvalue weighted by Crippen LogP contribution is -1.96. The van der Waals surface area contributed by atoms with Crippen molar-refractivity contribution in [2.24, 2.45) is 0 Å². The van der Waals surface area contributed by atoms with Gasteiger partial charge in [0.1, 0.15) is 0 Å². The molecule has 1 aromatic rings. The molecule has 0 unspecified atom stereocenters. The minimum Gasteiger partial charge on any atom is -0.503 e. The van der Waals surface area contributed by atoms with Crippen LogP contribution < -0.4 is 5.43 Å². The first kappa shape index (κ1) is 9.74. The van der Waals surface area contributed by atoms with Gasteiger partial charge >= 0.3 is 0 Å². The molecule has 0 aliphatic heterocycles. The summed E-state index contributed by atoms with van der Waals surface area (Å²) in [4.78, 5) is 11.2. The fourth-order valence-electron chi connectivity index (χ4n) is 0.797. The highest BCUT2D eigenvalue weighted by Crippen LogP contribution is 2.21. The van der Waals surface area contributed by atoms with Gasteiger partial charge in [0.2, 0.25) is 5.43 Å². The Labute approximate surface area is 86.5 Å². The standard InChI is InChI=1S/C8H6Br2O2/c1-4-2-5(9)7(11)8(12)6(10)3-4/h2-3H,1H3,(H,11,12). The number of hydrogen-bond donors (Lipinski definition) is 1. The summed E-state index contributed by atoms with van der Waals surface area (Å²) in [5.74, 6) is -0.269. The Bertz CT molecular complexity index is 374. The Morgan fingerprint density at radius 2 is 1.75 bits per heavy atom. The van der Waals surface area contributed by atoms with Gasteiger partial charge in [0.15, 0.2) is 5.75 Å². The van der Waals surface area contributed by atoms with Gasteiger partial charge in [-0.3, -0.25) is 4.79 Å². The third kappa shape index (κ3) is 1.87. The maximum Gasteiger partial charge on any atom is 0.235 e. The molecule has 0 bridgehead atoms. The first-order chi connectivity index (χ1) is 5.52. The zero-order valence-corrected chi connectivity index (χ0v) is 9.44. The van der Waals surface area contributed by atoms with Crippen LogP contribution in [0.3, 0.4) is 0 Å². The predicted molar refractivity (Wildman–Crippen MR) is 54.5 cm³/mol. The molecule has 0 aliphatic rings. The predicted octanol–water partition coefficient (Wildman–Crippen LogP) is 2.59. The average molecular weight is 294 g/mol. The summed E-state index contributed by atoms with van der Waals surface area (Å²) in [5.41, 5.74) is 0.487. The van der Waals surface area contributed by atoms with Gasteiger partial charge in [-0.2, -0.15) is 0 Å². The van der Waals surface area contributed by atoms with E-state index < -0.39 is 5.43 Å². The van der Waals surface area contributed by atoms with E-state index in [0.29, 0.717) is 8.95 Å². The molecular formula is C8H6Br2O2. The van der Waals surface area contributed by atoms with Crippen LogP contribution in [0.25, 0.3) is 0 Å². The molecule has 0 radical (unpaired) electrons. The fourth-order valence-corrected chi connectivity index (χ4v) is 1.89. The molecule has 0 amide bonds. The first-order valence-corrected chi connectivity index (χ1v) is 4.80. The van der Waals surface area contributed by atoms with Crippen molar-refractivity contribution in [1.82, 2.24) is 0 Å². The number of halogens is 2. The summed E-state index contributed by atoms with van der Waals surface area (Å²) in [6, 6.07) is 3.34. The van der Waals surface area contributed by atoms with Crippen LogP contribution in [0.5, 0.6) is 5.75 Å². The van der Waals surface area contributed by atoms with Crippen molar-refractivity contribution in [1.29, 1.82) is 0 Å². The second kappa shape index (κ2) is 3.58. The first-order valence-electron chi connectivity index (χ1n) is 3.21. The van der Waals surface area contributed by atoms with Crippen LogP contribution in [0.2, 0.25) is 0 Å². The number of hydrogen-bond acceptors (Lipinski definition) is 2. The summed E-state index contributed by atoms with van der Waals surface area (Å²) in [6.07, 6.45) is 0. The number of rotatable bonds is 0. The van der Waals surface area contributed by atoms with Gasteiger partial charge in [-0.1, -0.05) is 0 Å². The van der Waals surface area contributed by atoms with Crippen LogP contribution in [0.4, 0.5) is 0 Å². The van der Waals surface area contributed by atoms with Gasteiger partial charge in [0.25, 0.3) is 0 Å². The van der Waals surface area contributed by atoms with Gasteiger partial charge in [-0.25, -0.2) is 0 Å². The monoisotopic (exact) mass is 292 g/mol. The molecule has 12 heavy (non-hydrogen) atoms. The van der Waals surface area contributed by atoms with Crippen LogP contribution in [-0.2, 0) is 0 Å². The molecule has 0 spiro atoms. The highest BCUT2D eigenvalue weighted by molar-refractivity contribution is 9.11. The highest BCUT2D eigenvalue weighted by atomic mass is 79.9. The van der Waals surface area contributed by atoms with E-state index in [4.69, 9.17) is 0 Å². The SMILES string of the molecule is Cc1cc(Br)c(O)c(=O)c(Br)c1. The van der Waals surface area contributed by atoms with E-state index in [2.05, 4.69) is 31.9 Å². The van der Waals surface area contributed by atoms with E-state index in [1.54, 1.807) is 12.1 Å². The molecule has 64 valence electrons. The van der Waals surface area contributed by atoms with Crippen LogP contribution >= 0.6 is 31.9 Å². The molecule has 1 N–H and O–H groups in total. The molecule has 0 aliphatic carbocycles. The number of aromatic hydroxyl groups is 1. The van der Waals surface area contributed by atoms with E-state index >= 15 is 0 Å². The summed E-state index contributed by atoms with van der Waals surface area (Å²) in [5, 5.41) is 9.28. The quantitative estimate of drug-likeness (QED) is 0.798. The van der Waals surface area contributed by atoms with Gasteiger partial charge in [-0.15, -0.1) is 0 Å².